The number of nitrogens with zero attached hydrogens (tertiary/aromatic N) is 1. The molecule has 5 nitrogen and oxygen atoms in total. The molecule has 1 N–H and O–H groups in total. The van der Waals surface area contributed by atoms with Gasteiger partial charge in [0.2, 0.25) is 0 Å². The summed E-state index contributed by atoms with van der Waals surface area (Å²) in [6.45, 7) is 5.47. The standard InChI is InChI=1S/C14H22N2O3/c1-11(2)5-4-8-19-10-12-6-7-13(15-3)14(9-12)16(17)18/h6-7,9,11,15H,4-5,8,10H2,1-3H3. The first kappa shape index (κ1) is 15.4. The molecule has 0 amide bonds. The topological polar surface area (TPSA) is 64.4 Å². The normalized spacial score (nSPS) is 10.7. The van der Waals surface area contributed by atoms with Gasteiger partial charge in [0.25, 0.3) is 5.69 Å². The molecule has 0 radical (unpaired) electrons. The van der Waals surface area contributed by atoms with Crippen LogP contribution in [0.25, 0.3) is 0 Å². The molecule has 0 aromatic heterocycles. The van der Waals surface area contributed by atoms with Gasteiger partial charge in [0.15, 0.2) is 0 Å². The molecule has 0 aliphatic heterocycles. The number of ether oxygens (including phenoxy) is 1. The molecule has 0 aliphatic rings. The summed E-state index contributed by atoms with van der Waals surface area (Å²) >= 11 is 0. The Kier molecular flexibility index (Phi) is 6.29. The Morgan fingerprint density at radius 2 is 2.16 bits per heavy atom. The molecule has 0 fully saturated rings. The van der Waals surface area contributed by atoms with Crippen LogP contribution in [0.5, 0.6) is 0 Å². The number of anilines is 1. The number of hydrogen-bond donors (Lipinski definition) is 1. The van der Waals surface area contributed by atoms with E-state index in [1.807, 2.05) is 6.07 Å². The Bertz CT molecular complexity index is 419. The molecule has 0 heterocycles. The molecule has 0 spiro atoms. The van der Waals surface area contributed by atoms with Crippen molar-refractivity contribution in [3.8, 4) is 0 Å². The van der Waals surface area contributed by atoms with E-state index < -0.39 is 0 Å². The van der Waals surface area contributed by atoms with Crippen LogP contribution in [-0.2, 0) is 11.3 Å². The molecule has 0 aliphatic carbocycles. The highest BCUT2D eigenvalue weighted by molar-refractivity contribution is 5.62. The lowest BCUT2D eigenvalue weighted by Crippen LogP contribution is -2.00. The summed E-state index contributed by atoms with van der Waals surface area (Å²) in [5.41, 5.74) is 1.44. The minimum atomic E-state index is -0.381. The van der Waals surface area contributed by atoms with E-state index in [0.717, 1.165) is 18.4 Å². The van der Waals surface area contributed by atoms with Gasteiger partial charge in [-0.3, -0.25) is 10.1 Å². The zero-order valence-electron chi connectivity index (χ0n) is 11.8. The van der Waals surface area contributed by atoms with Crippen LogP contribution >= 0.6 is 0 Å². The molecule has 0 bridgehead atoms. The van der Waals surface area contributed by atoms with Gasteiger partial charge in [0.1, 0.15) is 5.69 Å². The zero-order valence-corrected chi connectivity index (χ0v) is 11.8. The third-order valence-electron chi connectivity index (χ3n) is 2.87. The number of nitro benzene ring substituents is 1. The molecule has 1 aromatic carbocycles. The van der Waals surface area contributed by atoms with Crippen LogP contribution in [-0.4, -0.2) is 18.6 Å². The van der Waals surface area contributed by atoms with E-state index in [2.05, 4.69) is 19.2 Å². The van der Waals surface area contributed by atoms with Crippen molar-refractivity contribution in [3.05, 3.63) is 33.9 Å². The van der Waals surface area contributed by atoms with Crippen molar-refractivity contribution in [2.75, 3.05) is 19.0 Å². The molecule has 5 heteroatoms. The summed E-state index contributed by atoms with van der Waals surface area (Å²) in [5.74, 6) is 0.680. The fourth-order valence-corrected chi connectivity index (χ4v) is 1.81. The minimum Gasteiger partial charge on any atom is -0.383 e. The lowest BCUT2D eigenvalue weighted by molar-refractivity contribution is -0.384. The van der Waals surface area contributed by atoms with Gasteiger partial charge >= 0.3 is 0 Å². The van der Waals surface area contributed by atoms with Crippen molar-refractivity contribution in [1.82, 2.24) is 0 Å². The van der Waals surface area contributed by atoms with Gasteiger partial charge in [-0.1, -0.05) is 19.9 Å². The molecule has 106 valence electrons. The van der Waals surface area contributed by atoms with Gasteiger partial charge in [-0.05, 0) is 30.4 Å². The second-order valence-electron chi connectivity index (χ2n) is 4.95. The van der Waals surface area contributed by atoms with Crippen LogP contribution in [0.1, 0.15) is 32.3 Å². The highest BCUT2D eigenvalue weighted by Crippen LogP contribution is 2.25. The Morgan fingerprint density at radius 1 is 1.42 bits per heavy atom. The highest BCUT2D eigenvalue weighted by atomic mass is 16.6. The van der Waals surface area contributed by atoms with E-state index in [4.69, 9.17) is 4.74 Å². The van der Waals surface area contributed by atoms with Crippen LogP contribution in [0.2, 0.25) is 0 Å². The number of hydrogen-bond acceptors (Lipinski definition) is 4. The summed E-state index contributed by atoms with van der Waals surface area (Å²) in [6.07, 6.45) is 2.16. The van der Waals surface area contributed by atoms with Crippen LogP contribution in [0.4, 0.5) is 11.4 Å². The van der Waals surface area contributed by atoms with E-state index in [1.54, 1.807) is 19.2 Å². The minimum absolute atomic E-state index is 0.0887. The van der Waals surface area contributed by atoms with Crippen LogP contribution in [0, 0.1) is 16.0 Å². The van der Waals surface area contributed by atoms with Crippen LogP contribution in [0.3, 0.4) is 0 Å². The molecule has 1 rings (SSSR count). The second-order valence-corrected chi connectivity index (χ2v) is 4.95. The average molecular weight is 266 g/mol. The molecule has 0 unspecified atom stereocenters. The van der Waals surface area contributed by atoms with E-state index in [-0.39, 0.29) is 10.6 Å². The first-order valence-electron chi connectivity index (χ1n) is 6.57. The molecular formula is C14H22N2O3. The van der Waals surface area contributed by atoms with Crippen molar-refractivity contribution in [3.63, 3.8) is 0 Å². The second kappa shape index (κ2) is 7.74. The Hall–Kier alpha value is -1.62. The summed E-state index contributed by atoms with van der Waals surface area (Å²) in [4.78, 5) is 10.5. The average Bonchev–Trinajstić information content (AvgIpc) is 2.37. The Morgan fingerprint density at radius 3 is 2.74 bits per heavy atom. The summed E-state index contributed by atoms with van der Waals surface area (Å²) in [7, 11) is 1.67. The largest absolute Gasteiger partial charge is 0.383 e. The molecular weight excluding hydrogens is 244 g/mol. The first-order chi connectivity index (χ1) is 9.04. The number of nitrogens with one attached hydrogen (secondary N) is 1. The third kappa shape index (κ3) is 5.26. The molecule has 0 saturated carbocycles. The van der Waals surface area contributed by atoms with Gasteiger partial charge in [-0.25, -0.2) is 0 Å². The van der Waals surface area contributed by atoms with Gasteiger partial charge < -0.3 is 10.1 Å². The van der Waals surface area contributed by atoms with Crippen molar-refractivity contribution < 1.29 is 9.66 Å². The lowest BCUT2D eigenvalue weighted by Gasteiger charge is -2.07. The quantitative estimate of drug-likeness (QED) is 0.443. The van der Waals surface area contributed by atoms with Gasteiger partial charge in [-0.15, -0.1) is 0 Å². The maximum Gasteiger partial charge on any atom is 0.292 e. The molecule has 19 heavy (non-hydrogen) atoms. The van der Waals surface area contributed by atoms with Crippen molar-refractivity contribution in [2.24, 2.45) is 5.92 Å². The third-order valence-corrected chi connectivity index (χ3v) is 2.87. The lowest BCUT2D eigenvalue weighted by atomic mass is 10.1. The van der Waals surface area contributed by atoms with Crippen molar-refractivity contribution in [2.45, 2.75) is 33.3 Å². The predicted octanol–water partition coefficient (Wildman–Crippen LogP) is 3.59. The van der Waals surface area contributed by atoms with E-state index in [0.29, 0.717) is 24.8 Å². The van der Waals surface area contributed by atoms with Crippen molar-refractivity contribution >= 4 is 11.4 Å². The van der Waals surface area contributed by atoms with E-state index in [1.165, 1.54) is 0 Å². The number of nitro groups is 1. The predicted molar refractivity (Wildman–Crippen MR) is 76.4 cm³/mol. The molecule has 1 aromatic rings. The summed E-state index contributed by atoms with van der Waals surface area (Å²) in [5, 5.41) is 13.7. The first-order valence-corrected chi connectivity index (χ1v) is 6.57. The van der Waals surface area contributed by atoms with Gasteiger partial charge in [0.05, 0.1) is 11.5 Å². The summed E-state index contributed by atoms with van der Waals surface area (Å²) in [6, 6.07) is 5.13. The molecule has 0 atom stereocenters. The maximum atomic E-state index is 10.9. The van der Waals surface area contributed by atoms with Crippen LogP contribution in [0.15, 0.2) is 18.2 Å². The summed E-state index contributed by atoms with van der Waals surface area (Å²) < 4.78 is 5.54. The number of rotatable bonds is 8. The SMILES string of the molecule is CNc1ccc(COCCCC(C)C)cc1[N+](=O)[O-]. The highest BCUT2D eigenvalue weighted by Gasteiger charge is 2.13. The Labute approximate surface area is 114 Å². The fraction of sp³-hybridized carbons (Fsp3) is 0.571. The smallest absolute Gasteiger partial charge is 0.292 e. The molecule has 0 saturated heterocycles. The van der Waals surface area contributed by atoms with Crippen LogP contribution < -0.4 is 5.32 Å². The monoisotopic (exact) mass is 266 g/mol. The number of benzene rings is 1. The van der Waals surface area contributed by atoms with E-state index >= 15 is 0 Å². The Balaban J connectivity index is 2.50. The van der Waals surface area contributed by atoms with Gasteiger partial charge in [-0.2, -0.15) is 0 Å². The van der Waals surface area contributed by atoms with Crippen molar-refractivity contribution in [1.29, 1.82) is 0 Å². The maximum absolute atomic E-state index is 10.9. The fourth-order valence-electron chi connectivity index (χ4n) is 1.81. The zero-order chi connectivity index (χ0) is 14.3. The van der Waals surface area contributed by atoms with E-state index in [9.17, 15) is 10.1 Å². The van der Waals surface area contributed by atoms with Gasteiger partial charge in [0, 0.05) is 19.7 Å².